The smallest absolute Gasteiger partial charge is 0.267 e. The number of carbonyl (C=O) groups is 7. The Morgan fingerprint density at radius 2 is 0.905 bits per heavy atom. The maximum absolute atomic E-state index is 12.0. The van der Waals surface area contributed by atoms with E-state index in [-0.39, 0.29) is 0 Å². The first kappa shape index (κ1) is 16.7. The first-order valence-electron chi connectivity index (χ1n) is 6.14. The van der Waals surface area contributed by atoms with Crippen LogP contribution in [0.1, 0.15) is 34.1 Å². The number of carbonyl (C=O) groups excluding carboxylic acids is 7. The first-order chi connectivity index (χ1) is 9.46. The highest BCUT2D eigenvalue weighted by Crippen LogP contribution is 2.44. The molecule has 0 aromatic heterocycles. The summed E-state index contributed by atoms with van der Waals surface area (Å²) in [6.45, 7) is 3.64. The van der Waals surface area contributed by atoms with E-state index in [0.29, 0.717) is 0 Å². The van der Waals surface area contributed by atoms with Gasteiger partial charge in [-0.3, -0.25) is 33.6 Å². The molecule has 1 rings (SSSR count). The van der Waals surface area contributed by atoms with Gasteiger partial charge in [0.15, 0.2) is 34.0 Å². The average molecular weight is 294 g/mol. The molecule has 0 aliphatic heterocycles. The van der Waals surface area contributed by atoms with Crippen LogP contribution in [0.4, 0.5) is 0 Å². The van der Waals surface area contributed by atoms with Gasteiger partial charge in [-0.1, -0.05) is 0 Å². The second-order valence-electron chi connectivity index (χ2n) is 5.20. The van der Waals surface area contributed by atoms with E-state index in [1.807, 2.05) is 0 Å². The van der Waals surface area contributed by atoms with Crippen LogP contribution in [-0.2, 0) is 33.6 Å². The minimum Gasteiger partial charge on any atom is -0.298 e. The molecule has 0 atom stereocenters. The van der Waals surface area contributed by atoms with Gasteiger partial charge < -0.3 is 0 Å². The maximum atomic E-state index is 12.0. The molecule has 112 valence electrons. The van der Waals surface area contributed by atoms with Crippen molar-refractivity contribution >= 4 is 40.5 Å². The van der Waals surface area contributed by atoms with Crippen LogP contribution in [0.25, 0.3) is 0 Å². The van der Waals surface area contributed by atoms with Crippen molar-refractivity contribution in [2.45, 2.75) is 34.1 Å². The second-order valence-corrected chi connectivity index (χ2v) is 5.20. The van der Waals surface area contributed by atoms with E-state index in [1.165, 1.54) is 0 Å². The van der Waals surface area contributed by atoms with Crippen LogP contribution in [0.5, 0.6) is 0 Å². The molecule has 21 heavy (non-hydrogen) atoms. The van der Waals surface area contributed by atoms with Crippen LogP contribution in [0.15, 0.2) is 0 Å². The molecular weight excluding hydrogens is 280 g/mol. The van der Waals surface area contributed by atoms with Gasteiger partial charge >= 0.3 is 0 Å². The van der Waals surface area contributed by atoms with Crippen molar-refractivity contribution in [2.24, 2.45) is 10.8 Å². The molecule has 7 heteroatoms. The molecule has 1 saturated carbocycles. The van der Waals surface area contributed by atoms with E-state index in [0.717, 1.165) is 27.7 Å². The number of ketones is 7. The zero-order chi connectivity index (χ0) is 16.7. The Labute approximate surface area is 120 Å². The summed E-state index contributed by atoms with van der Waals surface area (Å²) >= 11 is 0. The summed E-state index contributed by atoms with van der Waals surface area (Å²) in [5.41, 5.74) is -4.88. The Kier molecular flexibility index (Phi) is 3.91. The summed E-state index contributed by atoms with van der Waals surface area (Å²) in [6, 6.07) is 0. The van der Waals surface area contributed by atoms with Gasteiger partial charge in [-0.15, -0.1) is 0 Å². The molecule has 0 unspecified atom stereocenters. The van der Waals surface area contributed by atoms with E-state index in [4.69, 9.17) is 0 Å². The second kappa shape index (κ2) is 4.91. The van der Waals surface area contributed by atoms with Crippen molar-refractivity contribution in [3.05, 3.63) is 0 Å². The van der Waals surface area contributed by atoms with Crippen LogP contribution in [0.2, 0.25) is 0 Å². The van der Waals surface area contributed by atoms with Crippen LogP contribution in [0, 0.1) is 10.8 Å². The predicted octanol–water partition coefficient (Wildman–Crippen LogP) is -0.574. The van der Waals surface area contributed by atoms with Crippen LogP contribution >= 0.6 is 0 Å². The Balaban J connectivity index is 3.79. The zero-order valence-corrected chi connectivity index (χ0v) is 12.1. The largest absolute Gasteiger partial charge is 0.298 e. The normalized spacial score (nSPS) is 20.1. The van der Waals surface area contributed by atoms with Crippen LogP contribution < -0.4 is 0 Å². The molecule has 0 amide bonds. The lowest BCUT2D eigenvalue weighted by atomic mass is 9.55. The van der Waals surface area contributed by atoms with Gasteiger partial charge in [0, 0.05) is 6.42 Å². The minimum absolute atomic E-state index is 0.904. The summed E-state index contributed by atoms with van der Waals surface area (Å²) in [4.78, 5) is 83.3. The Bertz CT molecular complexity index is 543. The molecule has 0 bridgehead atoms. The van der Waals surface area contributed by atoms with Gasteiger partial charge in [0.2, 0.25) is 11.6 Å². The highest BCUT2D eigenvalue weighted by atomic mass is 16.2. The summed E-state index contributed by atoms with van der Waals surface area (Å²) in [5.74, 6) is -8.45. The fourth-order valence-corrected chi connectivity index (χ4v) is 2.68. The summed E-state index contributed by atoms with van der Waals surface area (Å²) in [5, 5.41) is 0. The van der Waals surface area contributed by atoms with E-state index in [1.54, 1.807) is 0 Å². The summed E-state index contributed by atoms with van der Waals surface area (Å²) in [6.07, 6.45) is -0.904. The van der Waals surface area contributed by atoms with Crippen LogP contribution in [0.3, 0.4) is 0 Å². The lowest BCUT2D eigenvalue weighted by molar-refractivity contribution is -0.167. The van der Waals surface area contributed by atoms with Crippen molar-refractivity contribution in [1.29, 1.82) is 0 Å². The van der Waals surface area contributed by atoms with Crippen molar-refractivity contribution in [1.82, 2.24) is 0 Å². The molecular formula is C14H14O7. The molecule has 1 fully saturated rings. The third-order valence-electron chi connectivity index (χ3n) is 4.12. The molecule has 0 spiro atoms. The van der Waals surface area contributed by atoms with Gasteiger partial charge in [-0.25, -0.2) is 0 Å². The fourth-order valence-electron chi connectivity index (χ4n) is 2.68. The highest BCUT2D eigenvalue weighted by Gasteiger charge is 2.67. The van der Waals surface area contributed by atoms with E-state index < -0.39 is 57.7 Å². The third kappa shape index (κ3) is 1.91. The van der Waals surface area contributed by atoms with Gasteiger partial charge in [-0.2, -0.15) is 0 Å². The highest BCUT2D eigenvalue weighted by molar-refractivity contribution is 6.73. The minimum atomic E-state index is -2.44. The lowest BCUT2D eigenvalue weighted by Gasteiger charge is -2.39. The summed E-state index contributed by atoms with van der Waals surface area (Å²) < 4.78 is 0. The quantitative estimate of drug-likeness (QED) is 0.502. The van der Waals surface area contributed by atoms with Crippen LogP contribution in [-0.4, -0.2) is 40.5 Å². The third-order valence-corrected chi connectivity index (χ3v) is 4.12. The number of hydrogen-bond donors (Lipinski definition) is 0. The Hall–Kier alpha value is -2.31. The van der Waals surface area contributed by atoms with Gasteiger partial charge in [0.25, 0.3) is 5.78 Å². The molecule has 1 aliphatic carbocycles. The van der Waals surface area contributed by atoms with Crippen molar-refractivity contribution in [3.8, 4) is 0 Å². The SMILES string of the molecule is CC(=O)C1(C(C)=O)CC(C(C)=O)(C(C)=O)C(=O)C(=O)C1=O. The van der Waals surface area contributed by atoms with Crippen molar-refractivity contribution < 1.29 is 33.6 Å². The molecule has 0 N–H and O–H groups in total. The molecule has 0 radical (unpaired) electrons. The molecule has 0 heterocycles. The molecule has 0 aromatic rings. The van der Waals surface area contributed by atoms with Crippen molar-refractivity contribution in [3.63, 3.8) is 0 Å². The van der Waals surface area contributed by atoms with Gasteiger partial charge in [0.1, 0.15) is 0 Å². The number of hydrogen-bond acceptors (Lipinski definition) is 7. The number of rotatable bonds is 4. The van der Waals surface area contributed by atoms with E-state index in [2.05, 4.69) is 0 Å². The van der Waals surface area contributed by atoms with Crippen molar-refractivity contribution in [2.75, 3.05) is 0 Å². The average Bonchev–Trinajstić information content (AvgIpc) is 2.35. The maximum Gasteiger partial charge on any atom is 0.267 e. The molecule has 7 nitrogen and oxygen atoms in total. The topological polar surface area (TPSA) is 119 Å². The monoisotopic (exact) mass is 294 g/mol. The lowest BCUT2D eigenvalue weighted by Crippen LogP contribution is -2.64. The fraction of sp³-hybridized carbons (Fsp3) is 0.500. The standard InChI is InChI=1S/C14H14O7/c1-6(15)13(7(2)16)5-14(8(3)17,9(4)18)12(21)10(19)11(13)20/h5H2,1-4H3. The Morgan fingerprint density at radius 3 is 1.10 bits per heavy atom. The van der Waals surface area contributed by atoms with E-state index in [9.17, 15) is 33.6 Å². The molecule has 0 saturated heterocycles. The first-order valence-corrected chi connectivity index (χ1v) is 6.14. The summed E-state index contributed by atoms with van der Waals surface area (Å²) in [7, 11) is 0. The van der Waals surface area contributed by atoms with Gasteiger partial charge in [0.05, 0.1) is 0 Å². The van der Waals surface area contributed by atoms with Gasteiger partial charge in [-0.05, 0) is 27.7 Å². The van der Waals surface area contributed by atoms with E-state index >= 15 is 0 Å². The zero-order valence-electron chi connectivity index (χ0n) is 12.1. The molecule has 1 aliphatic rings. The number of Topliss-reactive ketones (excluding diaryl/α,β-unsaturated/α-hetero) is 7. The molecule has 0 aromatic carbocycles. The predicted molar refractivity (Wildman–Crippen MR) is 67.2 cm³/mol. The Morgan fingerprint density at radius 1 is 0.667 bits per heavy atom.